The maximum Gasteiger partial charge on any atom is 0.247 e. The molecule has 0 spiro atoms. The molecule has 0 aliphatic carbocycles. The van der Waals surface area contributed by atoms with Gasteiger partial charge in [0.05, 0.1) is 40.4 Å². The van der Waals surface area contributed by atoms with Gasteiger partial charge in [-0.05, 0) is 31.4 Å². The first kappa shape index (κ1) is 19.4. The molecule has 2 saturated heterocycles. The molecule has 146 valence electrons. The molecule has 1 aromatic rings. The normalized spacial score (nSPS) is 22.9. The Balaban J connectivity index is 1.66. The SMILES string of the molecule is COc1ccc(OC)c(S(=O)(=O)N2CC[NH+](C[C@H]3CCCCO3)CC2)c1. The van der Waals surface area contributed by atoms with Crippen molar-refractivity contribution in [2.45, 2.75) is 30.3 Å². The van der Waals surface area contributed by atoms with E-state index in [4.69, 9.17) is 14.2 Å². The van der Waals surface area contributed by atoms with E-state index in [0.717, 1.165) is 39.1 Å². The smallest absolute Gasteiger partial charge is 0.247 e. The molecule has 0 aromatic heterocycles. The number of nitrogens with one attached hydrogen (secondary N) is 1. The van der Waals surface area contributed by atoms with Crippen LogP contribution in [0.25, 0.3) is 0 Å². The Morgan fingerprint density at radius 3 is 2.58 bits per heavy atom. The van der Waals surface area contributed by atoms with Gasteiger partial charge in [-0.25, -0.2) is 8.42 Å². The van der Waals surface area contributed by atoms with Gasteiger partial charge in [0.25, 0.3) is 0 Å². The van der Waals surface area contributed by atoms with E-state index in [9.17, 15) is 8.42 Å². The predicted molar refractivity (Wildman–Crippen MR) is 97.5 cm³/mol. The van der Waals surface area contributed by atoms with E-state index in [1.807, 2.05) is 0 Å². The highest BCUT2D eigenvalue weighted by molar-refractivity contribution is 7.89. The zero-order chi connectivity index (χ0) is 18.6. The lowest BCUT2D eigenvalue weighted by atomic mass is 10.1. The van der Waals surface area contributed by atoms with Crippen LogP contribution in [-0.4, -0.2) is 72.4 Å². The summed E-state index contributed by atoms with van der Waals surface area (Å²) in [5.74, 6) is 0.847. The quantitative estimate of drug-likeness (QED) is 0.756. The van der Waals surface area contributed by atoms with Gasteiger partial charge < -0.3 is 19.1 Å². The summed E-state index contributed by atoms with van der Waals surface area (Å²) in [6.45, 7) is 4.43. The van der Waals surface area contributed by atoms with Crippen LogP contribution in [0.5, 0.6) is 11.5 Å². The van der Waals surface area contributed by atoms with E-state index in [0.29, 0.717) is 30.7 Å². The number of hydrogen-bond donors (Lipinski definition) is 1. The Bertz CT molecular complexity index is 696. The number of piperazine rings is 1. The summed E-state index contributed by atoms with van der Waals surface area (Å²) >= 11 is 0. The van der Waals surface area contributed by atoms with Crippen LogP contribution in [-0.2, 0) is 14.8 Å². The van der Waals surface area contributed by atoms with Gasteiger partial charge in [-0.1, -0.05) is 0 Å². The van der Waals surface area contributed by atoms with Gasteiger partial charge >= 0.3 is 0 Å². The molecular formula is C18H29N2O5S+. The van der Waals surface area contributed by atoms with Gasteiger partial charge in [0.15, 0.2) is 0 Å². The lowest BCUT2D eigenvalue weighted by Crippen LogP contribution is -3.15. The zero-order valence-corrected chi connectivity index (χ0v) is 16.4. The summed E-state index contributed by atoms with van der Waals surface area (Å²) in [5.41, 5.74) is 0. The van der Waals surface area contributed by atoms with Crippen LogP contribution in [0.1, 0.15) is 19.3 Å². The van der Waals surface area contributed by atoms with Crippen LogP contribution < -0.4 is 14.4 Å². The van der Waals surface area contributed by atoms with E-state index in [1.165, 1.54) is 31.6 Å². The lowest BCUT2D eigenvalue weighted by molar-refractivity contribution is -0.907. The monoisotopic (exact) mass is 385 g/mol. The molecule has 26 heavy (non-hydrogen) atoms. The largest absolute Gasteiger partial charge is 0.497 e. The molecule has 8 heteroatoms. The van der Waals surface area contributed by atoms with Crippen molar-refractivity contribution in [3.63, 3.8) is 0 Å². The first-order valence-corrected chi connectivity index (χ1v) is 10.7. The van der Waals surface area contributed by atoms with Gasteiger partial charge in [0.2, 0.25) is 10.0 Å². The third-order valence-electron chi connectivity index (χ3n) is 5.21. The summed E-state index contributed by atoms with van der Waals surface area (Å²) < 4.78 is 44.0. The fourth-order valence-electron chi connectivity index (χ4n) is 3.66. The minimum absolute atomic E-state index is 0.165. The molecule has 0 amide bonds. The van der Waals surface area contributed by atoms with Crippen molar-refractivity contribution in [3.05, 3.63) is 18.2 Å². The number of hydrogen-bond acceptors (Lipinski definition) is 5. The van der Waals surface area contributed by atoms with Gasteiger partial charge in [-0.3, -0.25) is 0 Å². The fourth-order valence-corrected chi connectivity index (χ4v) is 5.27. The number of rotatable bonds is 6. The Kier molecular flexibility index (Phi) is 6.39. The van der Waals surface area contributed by atoms with Crippen molar-refractivity contribution < 1.29 is 27.5 Å². The minimum atomic E-state index is -3.61. The van der Waals surface area contributed by atoms with Gasteiger partial charge in [0.1, 0.15) is 29.0 Å². The summed E-state index contributed by atoms with van der Waals surface area (Å²) in [5, 5.41) is 0. The van der Waals surface area contributed by atoms with Crippen molar-refractivity contribution in [2.75, 3.05) is 53.6 Å². The maximum absolute atomic E-state index is 13.1. The third-order valence-corrected chi connectivity index (χ3v) is 7.13. The highest BCUT2D eigenvalue weighted by atomic mass is 32.2. The van der Waals surface area contributed by atoms with E-state index in [1.54, 1.807) is 16.4 Å². The van der Waals surface area contributed by atoms with Crippen molar-refractivity contribution in [3.8, 4) is 11.5 Å². The van der Waals surface area contributed by atoms with Gasteiger partial charge in [-0.2, -0.15) is 4.31 Å². The third kappa shape index (κ3) is 4.31. The van der Waals surface area contributed by atoms with E-state index in [-0.39, 0.29) is 4.90 Å². The molecule has 0 saturated carbocycles. The molecule has 2 aliphatic heterocycles. The molecule has 1 aromatic carbocycles. The molecule has 7 nitrogen and oxygen atoms in total. The molecular weight excluding hydrogens is 356 g/mol. The topological polar surface area (TPSA) is 69.5 Å². The number of sulfonamides is 1. The van der Waals surface area contributed by atoms with Gasteiger partial charge in [0, 0.05) is 12.7 Å². The molecule has 2 fully saturated rings. The molecule has 2 aliphatic rings. The van der Waals surface area contributed by atoms with Crippen LogP contribution in [0.4, 0.5) is 0 Å². The standard InChI is InChI=1S/C18H28N2O5S/c1-23-15-6-7-17(24-2)18(13-15)26(21,22)20-10-8-19(9-11-20)14-16-5-3-4-12-25-16/h6-7,13,16H,3-5,8-12,14H2,1-2H3/p+1/t16-/m1/s1. The Hall–Kier alpha value is -1.35. The summed E-state index contributed by atoms with van der Waals surface area (Å²) in [6, 6.07) is 4.86. The van der Waals surface area contributed by atoms with Crippen molar-refractivity contribution in [1.82, 2.24) is 4.31 Å². The summed E-state index contributed by atoms with van der Waals surface area (Å²) in [7, 11) is -0.609. The average molecular weight is 386 g/mol. The average Bonchev–Trinajstić information content (AvgIpc) is 2.68. The second-order valence-corrected chi connectivity index (χ2v) is 8.77. The second-order valence-electron chi connectivity index (χ2n) is 6.86. The number of quaternary nitrogens is 1. The highest BCUT2D eigenvalue weighted by Crippen LogP contribution is 2.30. The number of ether oxygens (including phenoxy) is 3. The first-order chi connectivity index (χ1) is 12.5. The summed E-state index contributed by atoms with van der Waals surface area (Å²) in [6.07, 6.45) is 3.82. The van der Waals surface area contributed by atoms with Crippen LogP contribution >= 0.6 is 0 Å². The number of benzene rings is 1. The van der Waals surface area contributed by atoms with Crippen molar-refractivity contribution >= 4 is 10.0 Å². The molecule has 0 unspecified atom stereocenters. The molecule has 0 bridgehead atoms. The van der Waals surface area contributed by atoms with Crippen LogP contribution in [0.3, 0.4) is 0 Å². The van der Waals surface area contributed by atoms with E-state index >= 15 is 0 Å². The second kappa shape index (κ2) is 8.56. The summed E-state index contributed by atoms with van der Waals surface area (Å²) in [4.78, 5) is 1.58. The molecule has 1 atom stereocenters. The number of nitrogens with zero attached hydrogens (tertiary/aromatic N) is 1. The molecule has 0 radical (unpaired) electrons. The lowest BCUT2D eigenvalue weighted by Gasteiger charge is -2.34. The van der Waals surface area contributed by atoms with E-state index < -0.39 is 10.0 Å². The van der Waals surface area contributed by atoms with E-state index in [2.05, 4.69) is 0 Å². The highest BCUT2D eigenvalue weighted by Gasteiger charge is 2.33. The van der Waals surface area contributed by atoms with Gasteiger partial charge in [-0.15, -0.1) is 0 Å². The zero-order valence-electron chi connectivity index (χ0n) is 15.6. The minimum Gasteiger partial charge on any atom is -0.497 e. The fraction of sp³-hybridized carbons (Fsp3) is 0.667. The Labute approximate surface area is 155 Å². The molecule has 3 rings (SSSR count). The maximum atomic E-state index is 13.1. The predicted octanol–water partition coefficient (Wildman–Crippen LogP) is 0.162. The number of methoxy groups -OCH3 is 2. The van der Waals surface area contributed by atoms with Crippen LogP contribution in [0.2, 0.25) is 0 Å². The van der Waals surface area contributed by atoms with Crippen LogP contribution in [0.15, 0.2) is 23.1 Å². The van der Waals surface area contributed by atoms with Crippen molar-refractivity contribution in [1.29, 1.82) is 0 Å². The Morgan fingerprint density at radius 2 is 1.96 bits per heavy atom. The first-order valence-electron chi connectivity index (χ1n) is 9.22. The molecule has 1 N–H and O–H groups in total. The Morgan fingerprint density at radius 1 is 1.19 bits per heavy atom. The molecule has 2 heterocycles. The van der Waals surface area contributed by atoms with Crippen LogP contribution in [0, 0.1) is 0 Å². The van der Waals surface area contributed by atoms with Crippen molar-refractivity contribution in [2.24, 2.45) is 0 Å².